The Morgan fingerprint density at radius 1 is 1.16 bits per heavy atom. The fourth-order valence-electron chi connectivity index (χ4n) is 2.84. The van der Waals surface area contributed by atoms with Gasteiger partial charge in [-0.05, 0) is 36.8 Å². The van der Waals surface area contributed by atoms with Crippen molar-refractivity contribution in [1.82, 2.24) is 9.78 Å². The van der Waals surface area contributed by atoms with Crippen LogP contribution in [0.5, 0.6) is 0 Å². The van der Waals surface area contributed by atoms with Gasteiger partial charge >= 0.3 is 6.18 Å². The predicted octanol–water partition coefficient (Wildman–Crippen LogP) is 5.89. The molecule has 9 heteroatoms. The van der Waals surface area contributed by atoms with Gasteiger partial charge in [0.05, 0.1) is 25.5 Å². The van der Waals surface area contributed by atoms with E-state index in [0.717, 1.165) is 29.0 Å². The van der Waals surface area contributed by atoms with Gasteiger partial charge in [0.1, 0.15) is 11.5 Å². The van der Waals surface area contributed by atoms with Crippen LogP contribution in [0.4, 0.5) is 19.0 Å². The molecule has 1 aliphatic heterocycles. The van der Waals surface area contributed by atoms with Crippen molar-refractivity contribution in [3.63, 3.8) is 0 Å². The first-order valence-corrected chi connectivity index (χ1v) is 8.90. The molecule has 0 spiro atoms. The zero-order valence-electron chi connectivity index (χ0n) is 12.5. The smallest absolute Gasteiger partial charge is 0.369 e. The number of hydrogen-bond donors (Lipinski definition) is 1. The van der Waals surface area contributed by atoms with E-state index in [1.165, 1.54) is 22.1 Å². The average Bonchev–Trinajstić information content (AvgIpc) is 3.23. The van der Waals surface area contributed by atoms with E-state index >= 15 is 0 Å². The number of halogens is 5. The molecule has 1 aliphatic rings. The topological polar surface area (TPSA) is 29.9 Å². The lowest BCUT2D eigenvalue weighted by Crippen LogP contribution is -2.09. The van der Waals surface area contributed by atoms with Gasteiger partial charge in [-0.1, -0.05) is 23.2 Å². The van der Waals surface area contributed by atoms with Gasteiger partial charge in [0, 0.05) is 12.1 Å². The zero-order chi connectivity index (χ0) is 17.8. The van der Waals surface area contributed by atoms with E-state index in [2.05, 4.69) is 10.4 Å². The van der Waals surface area contributed by atoms with E-state index in [0.29, 0.717) is 22.4 Å². The summed E-state index contributed by atoms with van der Waals surface area (Å²) in [6, 6.07) is 6.84. The fraction of sp³-hybridized carbons (Fsp3) is 0.188. The van der Waals surface area contributed by atoms with Crippen LogP contribution in [0.3, 0.4) is 0 Å². The van der Waals surface area contributed by atoms with Crippen molar-refractivity contribution in [3.8, 4) is 16.3 Å². The first kappa shape index (κ1) is 16.8. The summed E-state index contributed by atoms with van der Waals surface area (Å²) in [6.07, 6.45) is -3.72. The molecule has 1 N–H and O–H groups in total. The Hall–Kier alpha value is -1.70. The van der Waals surface area contributed by atoms with Gasteiger partial charge in [0.25, 0.3) is 0 Å². The van der Waals surface area contributed by atoms with Crippen molar-refractivity contribution in [3.05, 3.63) is 50.8 Å². The molecule has 130 valence electrons. The minimum Gasteiger partial charge on any atom is -0.369 e. The Morgan fingerprint density at radius 2 is 1.96 bits per heavy atom. The molecular formula is C16H10Cl2F3N3S. The van der Waals surface area contributed by atoms with Crippen LogP contribution in [0.2, 0.25) is 9.36 Å². The molecule has 0 aliphatic carbocycles. The number of nitrogens with zero attached hydrogens (tertiary/aromatic N) is 2. The molecule has 0 amide bonds. The van der Waals surface area contributed by atoms with Crippen molar-refractivity contribution in [2.45, 2.75) is 12.6 Å². The summed E-state index contributed by atoms with van der Waals surface area (Å²) in [5.74, 6) is 0.667. The molecule has 0 atom stereocenters. The van der Waals surface area contributed by atoms with Crippen molar-refractivity contribution < 1.29 is 13.2 Å². The Kier molecular flexibility index (Phi) is 3.97. The maximum atomic E-state index is 13.1. The van der Waals surface area contributed by atoms with Gasteiger partial charge in [-0.3, -0.25) is 0 Å². The highest BCUT2D eigenvalue weighted by Crippen LogP contribution is 2.40. The maximum Gasteiger partial charge on any atom is 0.416 e. The summed E-state index contributed by atoms with van der Waals surface area (Å²) >= 11 is 13.5. The summed E-state index contributed by atoms with van der Waals surface area (Å²) < 4.78 is 41.3. The van der Waals surface area contributed by atoms with Crippen LogP contribution in [0, 0.1) is 0 Å². The molecule has 0 saturated carbocycles. The van der Waals surface area contributed by atoms with E-state index < -0.39 is 11.7 Å². The van der Waals surface area contributed by atoms with Crippen LogP contribution in [0.1, 0.15) is 11.1 Å². The number of benzene rings is 1. The summed E-state index contributed by atoms with van der Waals surface area (Å²) in [5.41, 5.74) is 1.09. The summed E-state index contributed by atoms with van der Waals surface area (Å²) in [6.45, 7) is 0.690. The highest BCUT2D eigenvalue weighted by Gasteiger charge is 2.32. The third-order valence-electron chi connectivity index (χ3n) is 3.96. The molecule has 4 rings (SSSR count). The third kappa shape index (κ3) is 2.90. The highest BCUT2D eigenvalue weighted by molar-refractivity contribution is 7.19. The first-order chi connectivity index (χ1) is 11.8. The van der Waals surface area contributed by atoms with Crippen LogP contribution in [0.15, 0.2) is 30.3 Å². The molecule has 0 fully saturated rings. The standard InChI is InChI=1S/C16H10Cl2F3N3S/c17-10-2-1-8(16(19,20)21)7-11(10)24-15-9(5-6-22-15)14(23-24)12-3-4-13(18)25-12/h1-4,7,22H,5-6H2. The molecule has 3 nitrogen and oxygen atoms in total. The summed E-state index contributed by atoms with van der Waals surface area (Å²) in [7, 11) is 0. The number of anilines is 1. The van der Waals surface area contributed by atoms with Gasteiger partial charge in [0.2, 0.25) is 0 Å². The monoisotopic (exact) mass is 403 g/mol. The van der Waals surface area contributed by atoms with E-state index in [1.54, 1.807) is 6.07 Å². The number of fused-ring (bicyclic) bond motifs is 1. The highest BCUT2D eigenvalue weighted by atomic mass is 35.5. The lowest BCUT2D eigenvalue weighted by atomic mass is 10.2. The van der Waals surface area contributed by atoms with Gasteiger partial charge in [-0.15, -0.1) is 11.3 Å². The van der Waals surface area contributed by atoms with Crippen molar-refractivity contribution in [2.24, 2.45) is 0 Å². The van der Waals surface area contributed by atoms with E-state index in [-0.39, 0.29) is 10.7 Å². The van der Waals surface area contributed by atoms with Crippen molar-refractivity contribution in [2.75, 3.05) is 11.9 Å². The predicted molar refractivity (Wildman–Crippen MR) is 94.1 cm³/mol. The van der Waals surface area contributed by atoms with Gasteiger partial charge < -0.3 is 5.32 Å². The number of aromatic nitrogens is 2. The summed E-state index contributed by atoms with van der Waals surface area (Å²) in [4.78, 5) is 0.867. The molecular weight excluding hydrogens is 394 g/mol. The number of alkyl halides is 3. The van der Waals surface area contributed by atoms with E-state index in [9.17, 15) is 13.2 Å². The number of nitrogens with one attached hydrogen (secondary N) is 1. The van der Waals surface area contributed by atoms with Crippen molar-refractivity contribution in [1.29, 1.82) is 0 Å². The van der Waals surface area contributed by atoms with Crippen LogP contribution in [-0.2, 0) is 12.6 Å². The second kappa shape index (κ2) is 5.93. The van der Waals surface area contributed by atoms with Gasteiger partial charge in [0.15, 0.2) is 0 Å². The molecule has 3 heterocycles. The largest absolute Gasteiger partial charge is 0.416 e. The average molecular weight is 404 g/mol. The lowest BCUT2D eigenvalue weighted by molar-refractivity contribution is -0.137. The molecule has 25 heavy (non-hydrogen) atoms. The number of hydrogen-bond acceptors (Lipinski definition) is 3. The van der Waals surface area contributed by atoms with E-state index in [4.69, 9.17) is 23.2 Å². The van der Waals surface area contributed by atoms with Crippen LogP contribution in [0.25, 0.3) is 16.3 Å². The van der Waals surface area contributed by atoms with Gasteiger partial charge in [-0.25, -0.2) is 4.68 Å². The second-order valence-electron chi connectivity index (χ2n) is 5.53. The zero-order valence-corrected chi connectivity index (χ0v) is 14.8. The first-order valence-electron chi connectivity index (χ1n) is 7.33. The second-order valence-corrected chi connectivity index (χ2v) is 7.65. The minimum absolute atomic E-state index is 0.191. The molecule has 1 aromatic carbocycles. The Bertz CT molecular complexity index is 962. The normalized spacial score (nSPS) is 13.8. The van der Waals surface area contributed by atoms with E-state index in [1.807, 2.05) is 6.07 Å². The van der Waals surface area contributed by atoms with Crippen LogP contribution in [-0.4, -0.2) is 16.3 Å². The fourth-order valence-corrected chi connectivity index (χ4v) is 4.09. The molecule has 2 aromatic heterocycles. The molecule has 3 aromatic rings. The molecule has 0 unspecified atom stereocenters. The molecule has 0 radical (unpaired) electrons. The van der Waals surface area contributed by atoms with Crippen molar-refractivity contribution >= 4 is 40.4 Å². The SMILES string of the molecule is FC(F)(F)c1ccc(Cl)c(-n2nc(-c3ccc(Cl)s3)c3c2NCC3)c1. The Morgan fingerprint density at radius 3 is 2.64 bits per heavy atom. The number of thiophene rings is 1. The molecule has 0 saturated heterocycles. The maximum absolute atomic E-state index is 13.1. The Balaban J connectivity index is 1.90. The lowest BCUT2D eigenvalue weighted by Gasteiger charge is -2.12. The minimum atomic E-state index is -4.45. The number of rotatable bonds is 2. The quantitative estimate of drug-likeness (QED) is 0.577. The third-order valence-corrected chi connectivity index (χ3v) is 5.52. The molecule has 0 bridgehead atoms. The Labute approximate surface area is 155 Å². The van der Waals surface area contributed by atoms with Crippen LogP contribution < -0.4 is 5.32 Å². The van der Waals surface area contributed by atoms with Gasteiger partial charge in [-0.2, -0.15) is 18.3 Å². The van der Waals surface area contributed by atoms with Crippen LogP contribution >= 0.6 is 34.5 Å². The summed E-state index contributed by atoms with van der Waals surface area (Å²) in [5, 5.41) is 7.90.